The third-order valence-electron chi connectivity index (χ3n) is 5.83. The molecule has 3 amide bonds. The summed E-state index contributed by atoms with van der Waals surface area (Å²) < 4.78 is 0. The highest BCUT2D eigenvalue weighted by atomic mass is 16.2. The molecule has 1 aromatic rings. The van der Waals surface area contributed by atoms with Gasteiger partial charge in [-0.1, -0.05) is 36.9 Å². The molecule has 2 aliphatic rings. The maximum Gasteiger partial charge on any atom is 0.245 e. The lowest BCUT2D eigenvalue weighted by Gasteiger charge is -2.45. The monoisotopic (exact) mass is 369 g/mol. The van der Waals surface area contributed by atoms with Crippen molar-refractivity contribution in [2.45, 2.75) is 25.2 Å². The summed E-state index contributed by atoms with van der Waals surface area (Å²) >= 11 is 0. The van der Waals surface area contributed by atoms with E-state index in [2.05, 4.69) is 6.58 Å². The van der Waals surface area contributed by atoms with Crippen LogP contribution in [0, 0.1) is 0 Å². The lowest BCUT2D eigenvalue weighted by Crippen LogP contribution is -2.59. The van der Waals surface area contributed by atoms with Crippen molar-refractivity contribution < 1.29 is 14.4 Å². The third kappa shape index (κ3) is 3.61. The molecule has 0 bridgehead atoms. The topological polar surface area (TPSA) is 60.9 Å². The number of hydrogen-bond donors (Lipinski definition) is 0. The molecule has 6 nitrogen and oxygen atoms in total. The molecular formula is C21H27N3O3. The van der Waals surface area contributed by atoms with Crippen LogP contribution in [0.5, 0.6) is 0 Å². The molecule has 2 saturated heterocycles. The Balaban J connectivity index is 1.86. The molecule has 3 rings (SSSR count). The molecule has 144 valence electrons. The second-order valence-electron chi connectivity index (χ2n) is 7.18. The summed E-state index contributed by atoms with van der Waals surface area (Å²) in [6, 6.07) is 9.76. The number of carbonyl (C=O) groups is 3. The second kappa shape index (κ2) is 7.94. The number of hydrogen-bond acceptors (Lipinski definition) is 3. The maximum absolute atomic E-state index is 13.6. The van der Waals surface area contributed by atoms with E-state index >= 15 is 0 Å². The van der Waals surface area contributed by atoms with Crippen LogP contribution in [0.2, 0.25) is 0 Å². The second-order valence-corrected chi connectivity index (χ2v) is 7.18. The average Bonchev–Trinajstić information content (AvgIpc) is 2.73. The van der Waals surface area contributed by atoms with E-state index < -0.39 is 5.41 Å². The van der Waals surface area contributed by atoms with Crippen LogP contribution in [0.3, 0.4) is 0 Å². The van der Waals surface area contributed by atoms with Gasteiger partial charge in [0.1, 0.15) is 0 Å². The molecule has 0 saturated carbocycles. The Morgan fingerprint density at radius 3 is 2.30 bits per heavy atom. The fourth-order valence-electron chi connectivity index (χ4n) is 4.14. The van der Waals surface area contributed by atoms with Crippen LogP contribution in [0.15, 0.2) is 43.0 Å². The first-order chi connectivity index (χ1) is 13.0. The molecule has 1 aromatic carbocycles. The van der Waals surface area contributed by atoms with Crippen LogP contribution in [0.1, 0.15) is 25.3 Å². The summed E-state index contributed by atoms with van der Waals surface area (Å²) in [4.78, 5) is 43.1. The summed E-state index contributed by atoms with van der Waals surface area (Å²) in [6.07, 6.45) is 2.43. The number of piperazine rings is 1. The zero-order valence-electron chi connectivity index (χ0n) is 15.9. The average molecular weight is 369 g/mol. The standard InChI is InChI=1S/C21H27N3O3/c1-3-18(25)23-12-10-21(11-13-23,17-8-6-5-7-9-17)20(27)24-15-14-22(4-2)19(26)16-24/h3,5-9H,1,4,10-16H2,2H3. The van der Waals surface area contributed by atoms with Crippen LogP contribution in [-0.2, 0) is 19.8 Å². The van der Waals surface area contributed by atoms with Crippen LogP contribution in [0.25, 0.3) is 0 Å². The van der Waals surface area contributed by atoms with E-state index in [1.807, 2.05) is 37.3 Å². The Hall–Kier alpha value is -2.63. The van der Waals surface area contributed by atoms with Crippen LogP contribution in [0.4, 0.5) is 0 Å². The molecule has 2 fully saturated rings. The molecule has 0 spiro atoms. The van der Waals surface area contributed by atoms with Crippen molar-refractivity contribution in [1.29, 1.82) is 0 Å². The van der Waals surface area contributed by atoms with Gasteiger partial charge in [-0.15, -0.1) is 0 Å². The Bertz CT molecular complexity index is 723. The largest absolute Gasteiger partial charge is 0.340 e. The van der Waals surface area contributed by atoms with Crippen molar-refractivity contribution in [2.75, 3.05) is 39.3 Å². The van der Waals surface area contributed by atoms with Crippen molar-refractivity contribution in [3.05, 3.63) is 48.6 Å². The van der Waals surface area contributed by atoms with Gasteiger partial charge in [-0.25, -0.2) is 0 Å². The van der Waals surface area contributed by atoms with E-state index in [0.29, 0.717) is 45.6 Å². The Labute approximate surface area is 160 Å². The third-order valence-corrected chi connectivity index (χ3v) is 5.83. The lowest BCUT2D eigenvalue weighted by atomic mass is 9.71. The molecule has 0 unspecified atom stereocenters. The molecule has 0 aromatic heterocycles. The van der Waals surface area contributed by atoms with Crippen molar-refractivity contribution >= 4 is 17.7 Å². The molecule has 0 aliphatic carbocycles. The first-order valence-electron chi connectivity index (χ1n) is 9.56. The maximum atomic E-state index is 13.6. The van der Waals surface area contributed by atoms with Gasteiger partial charge in [0.25, 0.3) is 0 Å². The van der Waals surface area contributed by atoms with Gasteiger partial charge >= 0.3 is 0 Å². The number of rotatable bonds is 4. The summed E-state index contributed by atoms with van der Waals surface area (Å²) in [5, 5.41) is 0. The first-order valence-corrected chi connectivity index (χ1v) is 9.56. The van der Waals surface area contributed by atoms with Crippen molar-refractivity contribution in [2.24, 2.45) is 0 Å². The number of piperidine rings is 1. The number of nitrogens with zero attached hydrogens (tertiary/aromatic N) is 3. The van der Waals surface area contributed by atoms with E-state index in [1.54, 1.807) is 14.7 Å². The molecule has 2 heterocycles. The summed E-state index contributed by atoms with van der Waals surface area (Å²) in [5.41, 5.74) is 0.277. The first kappa shape index (κ1) is 19.1. The Morgan fingerprint density at radius 1 is 1.07 bits per heavy atom. The normalized spacial score (nSPS) is 19.7. The van der Waals surface area contributed by atoms with Crippen molar-refractivity contribution in [3.63, 3.8) is 0 Å². The van der Waals surface area contributed by atoms with E-state index in [-0.39, 0.29) is 24.3 Å². The summed E-state index contributed by atoms with van der Waals surface area (Å²) in [7, 11) is 0. The highest BCUT2D eigenvalue weighted by molar-refractivity contribution is 5.93. The molecule has 6 heteroatoms. The highest BCUT2D eigenvalue weighted by Crippen LogP contribution is 2.38. The van der Waals surface area contributed by atoms with E-state index in [4.69, 9.17) is 0 Å². The predicted octanol–water partition coefficient (Wildman–Crippen LogP) is 1.42. The smallest absolute Gasteiger partial charge is 0.245 e. The quantitative estimate of drug-likeness (QED) is 0.755. The minimum atomic E-state index is -0.687. The number of amides is 3. The van der Waals surface area contributed by atoms with Gasteiger partial charge in [0.2, 0.25) is 17.7 Å². The molecule has 2 aliphatic heterocycles. The number of likely N-dealkylation sites (N-methyl/N-ethyl adjacent to an activating group) is 1. The van der Waals surface area contributed by atoms with E-state index in [0.717, 1.165) is 5.56 Å². The summed E-state index contributed by atoms with van der Waals surface area (Å²) in [5.74, 6) is -0.0982. The van der Waals surface area contributed by atoms with Gasteiger partial charge in [-0.05, 0) is 31.4 Å². The summed E-state index contributed by atoms with van der Waals surface area (Å²) in [6.45, 7) is 8.46. The zero-order valence-corrected chi connectivity index (χ0v) is 15.9. The predicted molar refractivity (Wildman–Crippen MR) is 103 cm³/mol. The van der Waals surface area contributed by atoms with Gasteiger partial charge in [0, 0.05) is 32.7 Å². The number of benzene rings is 1. The van der Waals surface area contributed by atoms with Crippen molar-refractivity contribution in [1.82, 2.24) is 14.7 Å². The van der Waals surface area contributed by atoms with Gasteiger partial charge < -0.3 is 14.7 Å². The fraction of sp³-hybridized carbons (Fsp3) is 0.476. The molecular weight excluding hydrogens is 342 g/mol. The van der Waals surface area contributed by atoms with Crippen LogP contribution in [-0.4, -0.2) is 71.7 Å². The van der Waals surface area contributed by atoms with E-state index in [1.165, 1.54) is 6.08 Å². The van der Waals surface area contributed by atoms with Crippen molar-refractivity contribution in [3.8, 4) is 0 Å². The van der Waals surface area contributed by atoms with Gasteiger partial charge in [0.15, 0.2) is 0 Å². The van der Waals surface area contributed by atoms with E-state index in [9.17, 15) is 14.4 Å². The Kier molecular flexibility index (Phi) is 5.63. The lowest BCUT2D eigenvalue weighted by molar-refractivity contribution is -0.150. The minimum Gasteiger partial charge on any atom is -0.340 e. The van der Waals surface area contributed by atoms with Crippen LogP contribution < -0.4 is 0 Å². The SMILES string of the molecule is C=CC(=O)N1CCC(C(=O)N2CCN(CC)C(=O)C2)(c2ccccc2)CC1. The fourth-order valence-corrected chi connectivity index (χ4v) is 4.14. The van der Waals surface area contributed by atoms with Gasteiger partial charge in [-0.3, -0.25) is 14.4 Å². The minimum absolute atomic E-state index is 0.000386. The highest BCUT2D eigenvalue weighted by Gasteiger charge is 2.46. The molecule has 27 heavy (non-hydrogen) atoms. The molecule has 0 radical (unpaired) electrons. The van der Waals surface area contributed by atoms with Crippen LogP contribution >= 0.6 is 0 Å². The van der Waals surface area contributed by atoms with Gasteiger partial charge in [0.05, 0.1) is 12.0 Å². The number of carbonyl (C=O) groups excluding carboxylic acids is 3. The number of likely N-dealkylation sites (tertiary alicyclic amines) is 1. The van der Waals surface area contributed by atoms with Gasteiger partial charge in [-0.2, -0.15) is 0 Å². The zero-order chi connectivity index (χ0) is 19.4. The molecule has 0 N–H and O–H groups in total. The molecule has 0 atom stereocenters. The Morgan fingerprint density at radius 2 is 1.74 bits per heavy atom.